The first kappa shape index (κ1) is 15.4. The van der Waals surface area contributed by atoms with Gasteiger partial charge in [-0.25, -0.2) is 13.1 Å². The molecule has 1 aromatic carbocycles. The molecular formula is C12H15N3O5S. The van der Waals surface area contributed by atoms with Crippen LogP contribution >= 0.6 is 0 Å². The van der Waals surface area contributed by atoms with Crippen LogP contribution in [0.3, 0.4) is 0 Å². The van der Waals surface area contributed by atoms with Crippen LogP contribution in [0.25, 0.3) is 0 Å². The van der Waals surface area contributed by atoms with E-state index in [1.165, 1.54) is 12.1 Å². The van der Waals surface area contributed by atoms with Crippen LogP contribution < -0.4 is 10.0 Å². The summed E-state index contributed by atoms with van der Waals surface area (Å²) in [6, 6.07) is 4.92. The zero-order valence-corrected chi connectivity index (χ0v) is 11.9. The first-order valence-electron chi connectivity index (χ1n) is 6.42. The zero-order chi connectivity index (χ0) is 15.5. The van der Waals surface area contributed by atoms with Gasteiger partial charge in [0.1, 0.15) is 0 Å². The molecule has 0 saturated carbocycles. The average Bonchev–Trinajstić information content (AvgIpc) is 2.47. The third-order valence-corrected chi connectivity index (χ3v) is 4.65. The van der Waals surface area contributed by atoms with Gasteiger partial charge in [-0.1, -0.05) is 12.1 Å². The molecule has 2 rings (SSSR count). The number of nitrogens with one attached hydrogen (secondary N) is 2. The molecule has 0 aromatic heterocycles. The number of carbonyl (C=O) groups is 1. The lowest BCUT2D eigenvalue weighted by molar-refractivity contribution is -0.387. The summed E-state index contributed by atoms with van der Waals surface area (Å²) in [5.41, 5.74) is -0.556. The molecule has 114 valence electrons. The van der Waals surface area contributed by atoms with Crippen molar-refractivity contribution in [2.75, 3.05) is 13.1 Å². The van der Waals surface area contributed by atoms with Crippen LogP contribution in [0.15, 0.2) is 29.2 Å². The molecule has 1 aromatic rings. The summed E-state index contributed by atoms with van der Waals surface area (Å²) in [6.45, 7) is 1.19. The molecule has 1 heterocycles. The summed E-state index contributed by atoms with van der Waals surface area (Å²) in [5, 5.41) is 13.9. The topological polar surface area (TPSA) is 118 Å². The molecule has 1 aliphatic heterocycles. The molecule has 1 atom stereocenters. The number of nitro benzene ring substituents is 1. The summed E-state index contributed by atoms with van der Waals surface area (Å²) in [7, 11) is -4.25. The lowest BCUT2D eigenvalue weighted by atomic mass is 9.99. The molecule has 2 N–H and O–H groups in total. The van der Waals surface area contributed by atoms with Crippen LogP contribution in [-0.4, -0.2) is 32.3 Å². The SMILES string of the molecule is O=C(NS(=O)(=O)c1ccccc1[N+](=O)[O-])C1CCCNC1. The standard InChI is InChI=1S/C12H15N3O5S/c16-12(9-4-3-7-13-8-9)14-21(19,20)11-6-2-1-5-10(11)15(17)18/h1-2,5-6,9,13H,3-4,7-8H2,(H,14,16). The molecule has 1 unspecified atom stereocenters. The number of piperidine rings is 1. The smallest absolute Gasteiger partial charge is 0.289 e. The van der Waals surface area contributed by atoms with E-state index in [0.717, 1.165) is 25.1 Å². The van der Waals surface area contributed by atoms with Gasteiger partial charge < -0.3 is 5.32 Å². The Labute approximate surface area is 121 Å². The number of hydrogen-bond acceptors (Lipinski definition) is 6. The van der Waals surface area contributed by atoms with Crippen LogP contribution in [0, 0.1) is 16.0 Å². The number of nitrogens with zero attached hydrogens (tertiary/aromatic N) is 1. The maximum atomic E-state index is 12.2. The zero-order valence-electron chi connectivity index (χ0n) is 11.1. The number of hydrogen-bond donors (Lipinski definition) is 2. The Balaban J connectivity index is 2.22. The first-order chi connectivity index (χ1) is 9.92. The Morgan fingerprint density at radius 1 is 1.38 bits per heavy atom. The monoisotopic (exact) mass is 313 g/mol. The molecule has 1 amide bonds. The minimum Gasteiger partial charge on any atom is -0.316 e. The number of carbonyl (C=O) groups excluding carboxylic acids is 1. The van der Waals surface area contributed by atoms with Crippen LogP contribution in [0.5, 0.6) is 0 Å². The summed E-state index contributed by atoms with van der Waals surface area (Å²) in [4.78, 5) is 21.5. The summed E-state index contributed by atoms with van der Waals surface area (Å²) < 4.78 is 26.2. The van der Waals surface area contributed by atoms with E-state index in [9.17, 15) is 23.3 Å². The number of benzene rings is 1. The van der Waals surface area contributed by atoms with Crippen LogP contribution in [0.4, 0.5) is 5.69 Å². The minimum absolute atomic E-state index is 0.401. The fourth-order valence-electron chi connectivity index (χ4n) is 2.18. The van der Waals surface area contributed by atoms with E-state index < -0.39 is 37.4 Å². The van der Waals surface area contributed by atoms with Gasteiger partial charge in [-0.2, -0.15) is 0 Å². The predicted molar refractivity (Wildman–Crippen MR) is 74.0 cm³/mol. The molecule has 1 fully saturated rings. The second-order valence-electron chi connectivity index (χ2n) is 4.74. The maximum Gasteiger partial charge on any atom is 0.289 e. The van der Waals surface area contributed by atoms with Gasteiger partial charge in [0.05, 0.1) is 10.8 Å². The summed E-state index contributed by atoms with van der Waals surface area (Å²) >= 11 is 0. The molecule has 0 spiro atoms. The van der Waals surface area contributed by atoms with E-state index in [4.69, 9.17) is 0 Å². The van der Waals surface area contributed by atoms with E-state index in [0.29, 0.717) is 13.0 Å². The quantitative estimate of drug-likeness (QED) is 0.613. The summed E-state index contributed by atoms with van der Waals surface area (Å²) in [6.07, 6.45) is 1.37. The highest BCUT2D eigenvalue weighted by Crippen LogP contribution is 2.23. The van der Waals surface area contributed by atoms with Crippen molar-refractivity contribution in [3.05, 3.63) is 34.4 Å². The molecule has 8 nitrogen and oxygen atoms in total. The van der Waals surface area contributed by atoms with Crippen molar-refractivity contribution >= 4 is 21.6 Å². The fourth-order valence-corrected chi connectivity index (χ4v) is 3.40. The number of sulfonamides is 1. The molecule has 0 bridgehead atoms. The summed E-state index contributed by atoms with van der Waals surface area (Å²) in [5.74, 6) is -1.09. The average molecular weight is 313 g/mol. The lowest BCUT2D eigenvalue weighted by Crippen LogP contribution is -2.42. The van der Waals surface area contributed by atoms with Crippen LogP contribution in [0.1, 0.15) is 12.8 Å². The van der Waals surface area contributed by atoms with Gasteiger partial charge in [-0.3, -0.25) is 14.9 Å². The second kappa shape index (κ2) is 6.19. The highest BCUT2D eigenvalue weighted by molar-refractivity contribution is 7.90. The van der Waals surface area contributed by atoms with Crippen molar-refractivity contribution in [3.63, 3.8) is 0 Å². The third-order valence-electron chi connectivity index (χ3n) is 3.25. The van der Waals surface area contributed by atoms with Crippen molar-refractivity contribution in [2.45, 2.75) is 17.7 Å². The highest BCUT2D eigenvalue weighted by atomic mass is 32.2. The second-order valence-corrected chi connectivity index (χ2v) is 6.39. The number of nitro groups is 1. The van der Waals surface area contributed by atoms with Gasteiger partial charge in [0, 0.05) is 12.6 Å². The third kappa shape index (κ3) is 3.56. The Bertz CT molecular complexity index is 653. The van der Waals surface area contributed by atoms with Crippen molar-refractivity contribution in [2.24, 2.45) is 5.92 Å². The van der Waals surface area contributed by atoms with Gasteiger partial charge in [0.2, 0.25) is 5.91 Å². The largest absolute Gasteiger partial charge is 0.316 e. The number of rotatable bonds is 4. The van der Waals surface area contributed by atoms with Crippen molar-refractivity contribution in [1.82, 2.24) is 10.0 Å². The Morgan fingerprint density at radius 2 is 2.10 bits per heavy atom. The Kier molecular flexibility index (Phi) is 4.53. The van der Waals surface area contributed by atoms with E-state index >= 15 is 0 Å². The molecule has 1 saturated heterocycles. The molecule has 0 aliphatic carbocycles. The van der Waals surface area contributed by atoms with Gasteiger partial charge in [0.15, 0.2) is 4.90 Å². The lowest BCUT2D eigenvalue weighted by Gasteiger charge is -2.21. The molecule has 1 aliphatic rings. The van der Waals surface area contributed by atoms with Gasteiger partial charge in [-0.15, -0.1) is 0 Å². The van der Waals surface area contributed by atoms with Gasteiger partial charge in [0.25, 0.3) is 15.7 Å². The van der Waals surface area contributed by atoms with Crippen LogP contribution in [-0.2, 0) is 14.8 Å². The van der Waals surface area contributed by atoms with E-state index in [1.54, 1.807) is 0 Å². The van der Waals surface area contributed by atoms with Crippen molar-refractivity contribution in [3.8, 4) is 0 Å². The van der Waals surface area contributed by atoms with E-state index in [-0.39, 0.29) is 0 Å². The molecular weight excluding hydrogens is 298 g/mol. The fraction of sp³-hybridized carbons (Fsp3) is 0.417. The number of para-hydroxylation sites is 1. The molecule has 0 radical (unpaired) electrons. The molecule has 9 heteroatoms. The minimum atomic E-state index is -4.25. The normalized spacial score (nSPS) is 19.0. The highest BCUT2D eigenvalue weighted by Gasteiger charge is 2.30. The van der Waals surface area contributed by atoms with Crippen molar-refractivity contribution < 1.29 is 18.1 Å². The number of amides is 1. The first-order valence-corrected chi connectivity index (χ1v) is 7.91. The van der Waals surface area contributed by atoms with Crippen LogP contribution in [0.2, 0.25) is 0 Å². The Morgan fingerprint density at radius 3 is 2.71 bits per heavy atom. The van der Waals surface area contributed by atoms with E-state index in [1.807, 2.05) is 4.72 Å². The van der Waals surface area contributed by atoms with E-state index in [2.05, 4.69) is 5.32 Å². The molecule has 21 heavy (non-hydrogen) atoms. The van der Waals surface area contributed by atoms with Gasteiger partial charge in [-0.05, 0) is 25.5 Å². The maximum absolute atomic E-state index is 12.2. The van der Waals surface area contributed by atoms with Gasteiger partial charge >= 0.3 is 0 Å². The Hall–Kier alpha value is -2.00. The predicted octanol–water partition coefficient (Wildman–Crippen LogP) is 0.399. The van der Waals surface area contributed by atoms with Crippen molar-refractivity contribution in [1.29, 1.82) is 0 Å².